The highest BCUT2D eigenvalue weighted by Gasteiger charge is 2.38. The van der Waals surface area contributed by atoms with Crippen LogP contribution in [0.4, 0.5) is 17.1 Å². The van der Waals surface area contributed by atoms with Gasteiger partial charge in [0, 0.05) is 54.6 Å². The number of hydrazine groups is 3. The first-order valence-electron chi connectivity index (χ1n) is 11.6. The molecule has 0 atom stereocenters. The van der Waals surface area contributed by atoms with Gasteiger partial charge in [-0.3, -0.25) is 0 Å². The van der Waals surface area contributed by atoms with Gasteiger partial charge in [-0.25, -0.2) is 22.1 Å². The van der Waals surface area contributed by atoms with Crippen LogP contribution in [0.3, 0.4) is 0 Å². The van der Waals surface area contributed by atoms with Gasteiger partial charge in [0.05, 0.1) is 59.7 Å². The van der Waals surface area contributed by atoms with Crippen LogP contribution in [-0.2, 0) is 18.4 Å². The SMILES string of the molecule is COc1cc(OC)cc(N(N)OP(=O)(ON(N)c2cc(OC)cc(OC)c2)ON(N)c2cc(OC)cc(OC)c2)c1. The molecular formula is C24H33N6O10P. The maximum Gasteiger partial charge on any atom is 0.543 e. The first-order valence-corrected chi connectivity index (χ1v) is 13.1. The summed E-state index contributed by atoms with van der Waals surface area (Å²) in [5.41, 5.74) is 0.436. The Balaban J connectivity index is 1.99. The molecule has 17 heteroatoms. The molecule has 16 nitrogen and oxygen atoms in total. The number of anilines is 3. The van der Waals surface area contributed by atoms with Gasteiger partial charge in [0.2, 0.25) is 0 Å². The monoisotopic (exact) mass is 596 g/mol. The molecule has 0 heterocycles. The van der Waals surface area contributed by atoms with Gasteiger partial charge in [-0.2, -0.15) is 15.5 Å². The van der Waals surface area contributed by atoms with Gasteiger partial charge >= 0.3 is 7.82 Å². The Bertz CT molecular complexity index is 1140. The van der Waals surface area contributed by atoms with Gasteiger partial charge in [0.15, 0.2) is 0 Å². The van der Waals surface area contributed by atoms with Gasteiger partial charge in [-0.05, 0) is 0 Å². The summed E-state index contributed by atoms with van der Waals surface area (Å²) in [7, 11) is 3.80. The zero-order chi connectivity index (χ0) is 30.2. The van der Waals surface area contributed by atoms with Gasteiger partial charge in [-0.1, -0.05) is 0 Å². The Morgan fingerprint density at radius 1 is 0.439 bits per heavy atom. The van der Waals surface area contributed by atoms with Crippen molar-refractivity contribution >= 4 is 24.9 Å². The van der Waals surface area contributed by atoms with Crippen molar-refractivity contribution < 1.29 is 46.9 Å². The van der Waals surface area contributed by atoms with E-state index < -0.39 is 7.82 Å². The number of hydrogen-bond acceptors (Lipinski definition) is 16. The number of rotatable bonds is 15. The van der Waals surface area contributed by atoms with E-state index in [0.29, 0.717) is 50.0 Å². The summed E-state index contributed by atoms with van der Waals surface area (Å²) in [6, 6.07) is 13.7. The summed E-state index contributed by atoms with van der Waals surface area (Å²) >= 11 is 0. The molecule has 3 aromatic rings. The van der Waals surface area contributed by atoms with E-state index in [1.807, 2.05) is 0 Å². The van der Waals surface area contributed by atoms with Crippen LogP contribution in [-0.4, -0.2) is 42.7 Å². The number of benzene rings is 3. The summed E-state index contributed by atoms with van der Waals surface area (Å²) < 4.78 is 62.0. The predicted octanol–water partition coefficient (Wildman–Crippen LogP) is 3.08. The third kappa shape index (κ3) is 8.18. The Kier molecular flexibility index (Phi) is 10.7. The molecule has 0 spiro atoms. The smallest absolute Gasteiger partial charge is 0.497 e. The first-order chi connectivity index (χ1) is 19.6. The first kappa shape index (κ1) is 31.4. The molecular weight excluding hydrogens is 563 g/mol. The molecule has 0 saturated carbocycles. The maximum absolute atomic E-state index is 14.1. The van der Waals surface area contributed by atoms with Crippen molar-refractivity contribution in [1.29, 1.82) is 0 Å². The summed E-state index contributed by atoms with van der Waals surface area (Å²) in [4.78, 5) is 0. The number of hydrogen-bond donors (Lipinski definition) is 3. The molecule has 0 aliphatic rings. The highest BCUT2D eigenvalue weighted by atomic mass is 31.2. The number of ether oxygens (including phenoxy) is 6. The molecule has 0 aliphatic heterocycles. The average Bonchev–Trinajstić information content (AvgIpc) is 2.99. The molecule has 41 heavy (non-hydrogen) atoms. The Labute approximate surface area is 236 Å². The lowest BCUT2D eigenvalue weighted by atomic mass is 10.3. The zero-order valence-electron chi connectivity index (χ0n) is 23.3. The fraction of sp³-hybridized carbons (Fsp3) is 0.250. The molecule has 0 saturated heterocycles. The van der Waals surface area contributed by atoms with Crippen molar-refractivity contribution in [2.45, 2.75) is 0 Å². The molecule has 0 unspecified atom stereocenters. The van der Waals surface area contributed by atoms with E-state index in [2.05, 4.69) is 0 Å². The third-order valence-electron chi connectivity index (χ3n) is 5.34. The number of phosphoric acid groups is 1. The van der Waals surface area contributed by atoms with E-state index in [0.717, 1.165) is 0 Å². The topological polar surface area (TPSA) is 188 Å². The lowest BCUT2D eigenvalue weighted by Crippen LogP contribution is -2.38. The largest absolute Gasteiger partial charge is 0.543 e. The van der Waals surface area contributed by atoms with Crippen molar-refractivity contribution in [2.24, 2.45) is 17.5 Å². The molecule has 224 valence electrons. The van der Waals surface area contributed by atoms with Crippen molar-refractivity contribution in [1.82, 2.24) is 0 Å². The van der Waals surface area contributed by atoms with E-state index in [-0.39, 0.29) is 17.1 Å². The minimum absolute atomic E-state index is 0.145. The second kappa shape index (κ2) is 14.0. The van der Waals surface area contributed by atoms with E-state index >= 15 is 0 Å². The fourth-order valence-corrected chi connectivity index (χ4v) is 4.29. The highest BCUT2D eigenvalue weighted by molar-refractivity contribution is 7.48. The average molecular weight is 597 g/mol. The van der Waals surface area contributed by atoms with Crippen molar-refractivity contribution in [3.05, 3.63) is 54.6 Å². The number of nitrogens with zero attached hydrogens (tertiary/aromatic N) is 3. The normalized spacial score (nSPS) is 11.0. The second-order valence-corrected chi connectivity index (χ2v) is 9.27. The van der Waals surface area contributed by atoms with E-state index in [1.165, 1.54) is 79.1 Å². The van der Waals surface area contributed by atoms with Crippen LogP contribution < -0.4 is 61.5 Å². The molecule has 0 fully saturated rings. The quantitative estimate of drug-likeness (QED) is 0.132. The van der Waals surface area contributed by atoms with Crippen LogP contribution in [0, 0.1) is 0 Å². The van der Waals surface area contributed by atoms with Crippen LogP contribution in [0.2, 0.25) is 0 Å². The minimum Gasteiger partial charge on any atom is -0.497 e. The van der Waals surface area contributed by atoms with E-state index in [9.17, 15) is 4.57 Å². The Morgan fingerprint density at radius 2 is 0.634 bits per heavy atom. The van der Waals surface area contributed by atoms with Crippen LogP contribution in [0.15, 0.2) is 54.6 Å². The standard InChI is InChI=1S/C24H33N6O10P/c1-32-19-7-16(8-20(13-19)33-2)28(25)38-41(31,39-29(26)17-9-21(34-3)14-22(10-17)35-4)40-30(27)18-11-23(36-5)15-24(12-18)37-6/h7-15H,25-27H2,1-6H3. The zero-order valence-corrected chi connectivity index (χ0v) is 24.2. The van der Waals surface area contributed by atoms with Crippen molar-refractivity contribution in [2.75, 3.05) is 58.2 Å². The molecule has 3 rings (SSSR count). The summed E-state index contributed by atoms with van der Waals surface area (Å²) in [5.74, 6) is 20.5. The van der Waals surface area contributed by atoms with Crippen molar-refractivity contribution in [3.8, 4) is 34.5 Å². The highest BCUT2D eigenvalue weighted by Crippen LogP contribution is 2.53. The van der Waals surface area contributed by atoms with Crippen molar-refractivity contribution in [3.63, 3.8) is 0 Å². The third-order valence-corrected chi connectivity index (χ3v) is 6.46. The summed E-state index contributed by atoms with van der Waals surface area (Å²) in [5, 5.41) is 1.85. The molecule has 0 amide bonds. The lowest BCUT2D eigenvalue weighted by Gasteiger charge is -2.29. The summed E-state index contributed by atoms with van der Waals surface area (Å²) in [6.45, 7) is 0. The van der Waals surface area contributed by atoms with Gasteiger partial charge in [0.1, 0.15) is 34.5 Å². The van der Waals surface area contributed by atoms with Crippen LogP contribution in [0.1, 0.15) is 0 Å². The summed E-state index contributed by atoms with van der Waals surface area (Å²) in [6.07, 6.45) is 0. The van der Waals surface area contributed by atoms with Crippen LogP contribution in [0.5, 0.6) is 34.5 Å². The van der Waals surface area contributed by atoms with Gasteiger partial charge in [0.25, 0.3) is 0 Å². The number of nitrogens with two attached hydrogens (primary N) is 3. The Hall–Kier alpha value is -4.15. The fourth-order valence-electron chi connectivity index (χ4n) is 3.27. The second-order valence-electron chi connectivity index (χ2n) is 7.88. The molecule has 0 bridgehead atoms. The molecule has 6 N–H and O–H groups in total. The molecule has 3 aromatic carbocycles. The minimum atomic E-state index is -4.87. The van der Waals surface area contributed by atoms with Crippen LogP contribution >= 0.6 is 7.82 Å². The van der Waals surface area contributed by atoms with Gasteiger partial charge in [-0.15, -0.1) is 13.9 Å². The molecule has 0 aromatic heterocycles. The van der Waals surface area contributed by atoms with E-state index in [1.54, 1.807) is 18.2 Å². The molecule has 0 radical (unpaired) electrons. The van der Waals surface area contributed by atoms with E-state index in [4.69, 9.17) is 59.8 Å². The van der Waals surface area contributed by atoms with Crippen LogP contribution in [0.25, 0.3) is 0 Å². The van der Waals surface area contributed by atoms with Gasteiger partial charge < -0.3 is 28.4 Å². The lowest BCUT2D eigenvalue weighted by molar-refractivity contribution is 0.0857. The molecule has 0 aliphatic carbocycles. The predicted molar refractivity (Wildman–Crippen MR) is 149 cm³/mol. The number of methoxy groups -OCH3 is 6. The Morgan fingerprint density at radius 3 is 0.805 bits per heavy atom. The maximum atomic E-state index is 14.1.